The molecule has 22 heavy (non-hydrogen) atoms. The molecule has 0 aromatic carbocycles. The van der Waals surface area contributed by atoms with Gasteiger partial charge in [-0.3, -0.25) is 5.43 Å². The summed E-state index contributed by atoms with van der Waals surface area (Å²) in [6.45, 7) is 0. The van der Waals surface area contributed by atoms with E-state index in [0.717, 1.165) is 5.56 Å². The quantitative estimate of drug-likeness (QED) is 0.230. The SMILES string of the molecule is C[n+]1cccc(/C=N/Nc2nc(Cl)c(C#N)c(Cl)c2Cl)c1.[I-]. The predicted molar refractivity (Wildman–Crippen MR) is 82.8 cm³/mol. The zero-order chi connectivity index (χ0) is 15.4. The van der Waals surface area contributed by atoms with Gasteiger partial charge in [0.1, 0.15) is 23.7 Å². The molecule has 0 aliphatic rings. The molecule has 2 aromatic heterocycles. The minimum atomic E-state index is -0.0317. The lowest BCUT2D eigenvalue weighted by Crippen LogP contribution is -3.00. The average molecular weight is 469 g/mol. The van der Waals surface area contributed by atoms with E-state index >= 15 is 0 Å². The van der Waals surface area contributed by atoms with E-state index in [2.05, 4.69) is 15.5 Å². The number of nitriles is 1. The fraction of sp³-hybridized carbons (Fsp3) is 0.0769. The molecular weight excluding hydrogens is 459 g/mol. The highest BCUT2D eigenvalue weighted by Crippen LogP contribution is 2.34. The van der Waals surface area contributed by atoms with E-state index < -0.39 is 0 Å². The predicted octanol–water partition coefficient (Wildman–Crippen LogP) is 0.188. The first-order chi connectivity index (χ1) is 10.0. The Balaban J connectivity index is 0.00000242. The number of hydrazone groups is 1. The maximum Gasteiger partial charge on any atom is 0.177 e. The van der Waals surface area contributed by atoms with Crippen molar-refractivity contribution < 1.29 is 28.5 Å². The third-order valence-electron chi connectivity index (χ3n) is 2.49. The van der Waals surface area contributed by atoms with Gasteiger partial charge in [-0.05, 0) is 6.07 Å². The number of rotatable bonds is 3. The van der Waals surface area contributed by atoms with Crippen molar-refractivity contribution >= 4 is 46.8 Å². The second-order valence-electron chi connectivity index (χ2n) is 4.04. The fourth-order valence-electron chi connectivity index (χ4n) is 1.53. The second-order valence-corrected chi connectivity index (χ2v) is 5.15. The van der Waals surface area contributed by atoms with Gasteiger partial charge in [-0.1, -0.05) is 34.8 Å². The van der Waals surface area contributed by atoms with Crippen LogP contribution >= 0.6 is 34.8 Å². The topological polar surface area (TPSA) is 64.9 Å². The monoisotopic (exact) mass is 467 g/mol. The first kappa shape index (κ1) is 18.9. The number of nitrogens with one attached hydrogen (secondary N) is 1. The molecule has 0 atom stereocenters. The van der Waals surface area contributed by atoms with Crippen LogP contribution < -0.4 is 34.0 Å². The summed E-state index contributed by atoms with van der Waals surface area (Å²) < 4.78 is 1.89. The van der Waals surface area contributed by atoms with Crippen molar-refractivity contribution in [2.45, 2.75) is 0 Å². The van der Waals surface area contributed by atoms with Gasteiger partial charge in [-0.25, -0.2) is 9.55 Å². The van der Waals surface area contributed by atoms with Crippen LogP contribution in [-0.4, -0.2) is 11.2 Å². The van der Waals surface area contributed by atoms with Crippen LogP contribution in [0, 0.1) is 11.3 Å². The molecule has 0 saturated heterocycles. The number of aromatic nitrogens is 2. The zero-order valence-corrected chi connectivity index (χ0v) is 15.6. The van der Waals surface area contributed by atoms with E-state index in [-0.39, 0.29) is 50.6 Å². The Labute approximate surface area is 159 Å². The van der Waals surface area contributed by atoms with Crippen LogP contribution in [0.2, 0.25) is 15.2 Å². The van der Waals surface area contributed by atoms with Crippen molar-refractivity contribution in [3.63, 3.8) is 0 Å². The molecule has 5 nitrogen and oxygen atoms in total. The summed E-state index contributed by atoms with van der Waals surface area (Å²) in [5.41, 5.74) is 3.57. The van der Waals surface area contributed by atoms with E-state index in [0.29, 0.717) is 0 Å². The molecule has 2 rings (SSSR count). The Hall–Kier alpha value is -1.14. The smallest absolute Gasteiger partial charge is 0.177 e. The summed E-state index contributed by atoms with van der Waals surface area (Å²) >= 11 is 17.8. The van der Waals surface area contributed by atoms with Crippen LogP contribution in [0.15, 0.2) is 29.6 Å². The molecule has 0 aliphatic carbocycles. The molecule has 0 spiro atoms. The standard InChI is InChI=1S/C13H9Cl3N5.HI/c1-21-4-2-3-8(7-21)6-18-20-13-11(15)10(14)9(5-17)12(16)19-13;/h2-4,6-7H,1H3,(H,19,20);1H/q+1;/p-1/b18-6+;. The summed E-state index contributed by atoms with van der Waals surface area (Å²) in [7, 11) is 1.91. The van der Waals surface area contributed by atoms with Crippen LogP contribution in [-0.2, 0) is 7.05 Å². The van der Waals surface area contributed by atoms with Crippen molar-refractivity contribution in [3.8, 4) is 6.07 Å². The van der Waals surface area contributed by atoms with E-state index in [9.17, 15) is 0 Å². The van der Waals surface area contributed by atoms with Gasteiger partial charge < -0.3 is 24.0 Å². The first-order valence-corrected chi connectivity index (χ1v) is 6.85. The Morgan fingerprint density at radius 3 is 2.73 bits per heavy atom. The third kappa shape index (κ3) is 4.43. The molecule has 114 valence electrons. The Bertz CT molecular complexity index is 758. The molecule has 2 aromatic rings. The number of pyridine rings is 2. The minimum Gasteiger partial charge on any atom is -1.00 e. The highest BCUT2D eigenvalue weighted by Gasteiger charge is 2.15. The lowest BCUT2D eigenvalue weighted by Gasteiger charge is -2.06. The Morgan fingerprint density at radius 1 is 1.36 bits per heavy atom. The Morgan fingerprint density at radius 2 is 2.09 bits per heavy atom. The van der Waals surface area contributed by atoms with Gasteiger partial charge in [0, 0.05) is 6.07 Å². The van der Waals surface area contributed by atoms with Crippen LogP contribution in [0.25, 0.3) is 0 Å². The summed E-state index contributed by atoms with van der Waals surface area (Å²) in [6.07, 6.45) is 5.39. The largest absolute Gasteiger partial charge is 1.00 e. The minimum absolute atomic E-state index is 0. The zero-order valence-electron chi connectivity index (χ0n) is 11.2. The van der Waals surface area contributed by atoms with E-state index in [1.54, 1.807) is 6.21 Å². The van der Waals surface area contributed by atoms with Crippen LogP contribution in [0.5, 0.6) is 0 Å². The molecule has 0 saturated carbocycles. The molecule has 0 unspecified atom stereocenters. The van der Waals surface area contributed by atoms with Crippen molar-refractivity contribution in [1.82, 2.24) is 4.98 Å². The number of halogens is 4. The van der Waals surface area contributed by atoms with Gasteiger partial charge >= 0.3 is 0 Å². The number of hydrogen-bond acceptors (Lipinski definition) is 4. The number of aryl methyl sites for hydroxylation is 1. The third-order valence-corrected chi connectivity index (χ3v) is 3.61. The maximum absolute atomic E-state index is 8.90. The molecular formula is C13H9Cl3IN5. The molecule has 9 heteroatoms. The highest BCUT2D eigenvalue weighted by atomic mass is 127. The van der Waals surface area contributed by atoms with Crippen LogP contribution in [0.3, 0.4) is 0 Å². The highest BCUT2D eigenvalue weighted by molar-refractivity contribution is 6.45. The molecule has 0 amide bonds. The second kappa shape index (κ2) is 8.48. The molecule has 0 aliphatic heterocycles. The normalized spacial score (nSPS) is 10.1. The maximum atomic E-state index is 8.90. The van der Waals surface area contributed by atoms with Gasteiger partial charge in [0.2, 0.25) is 0 Å². The number of anilines is 1. The fourth-order valence-corrected chi connectivity index (χ4v) is 2.20. The van der Waals surface area contributed by atoms with Gasteiger partial charge in [-0.2, -0.15) is 10.4 Å². The molecule has 0 bridgehead atoms. The summed E-state index contributed by atoms with van der Waals surface area (Å²) in [5, 5.41) is 13.0. The summed E-state index contributed by atoms with van der Waals surface area (Å²) in [4.78, 5) is 3.95. The van der Waals surface area contributed by atoms with E-state index in [4.69, 9.17) is 40.1 Å². The lowest BCUT2D eigenvalue weighted by molar-refractivity contribution is -0.671. The van der Waals surface area contributed by atoms with Crippen molar-refractivity contribution in [3.05, 3.63) is 50.9 Å². The first-order valence-electron chi connectivity index (χ1n) is 5.72. The summed E-state index contributed by atoms with van der Waals surface area (Å²) in [6, 6.07) is 5.62. The van der Waals surface area contributed by atoms with E-state index in [1.165, 1.54) is 0 Å². The number of hydrogen-bond donors (Lipinski definition) is 1. The van der Waals surface area contributed by atoms with Crippen molar-refractivity contribution in [2.75, 3.05) is 5.43 Å². The van der Waals surface area contributed by atoms with Crippen molar-refractivity contribution in [2.24, 2.45) is 12.1 Å². The molecule has 2 heterocycles. The molecule has 0 fully saturated rings. The van der Waals surface area contributed by atoms with Gasteiger partial charge in [0.25, 0.3) is 0 Å². The van der Waals surface area contributed by atoms with Crippen molar-refractivity contribution in [1.29, 1.82) is 5.26 Å². The van der Waals surface area contributed by atoms with Gasteiger partial charge in [0.05, 0.1) is 16.8 Å². The van der Waals surface area contributed by atoms with Crippen LogP contribution in [0.1, 0.15) is 11.1 Å². The summed E-state index contributed by atoms with van der Waals surface area (Å²) in [5.74, 6) is 0.183. The average Bonchev–Trinajstić information content (AvgIpc) is 2.45. The molecule has 1 N–H and O–H groups in total. The molecule has 0 radical (unpaired) electrons. The van der Waals surface area contributed by atoms with Gasteiger partial charge in [0.15, 0.2) is 23.4 Å². The van der Waals surface area contributed by atoms with E-state index in [1.807, 2.05) is 42.2 Å². The van der Waals surface area contributed by atoms with Gasteiger partial charge in [-0.15, -0.1) is 0 Å². The lowest BCUT2D eigenvalue weighted by atomic mass is 10.3. The number of nitrogens with zero attached hydrogens (tertiary/aromatic N) is 4. The van der Waals surface area contributed by atoms with Crippen LogP contribution in [0.4, 0.5) is 5.82 Å². The Kier molecular flexibility index (Phi) is 7.29.